The number of nitrogens with zero attached hydrogens (tertiary/aromatic N) is 2. The van der Waals surface area contributed by atoms with E-state index < -0.39 is 18.5 Å². The number of rotatable bonds is 4. The second kappa shape index (κ2) is 6.45. The molecule has 2 rings (SSSR count). The first-order valence-electron chi connectivity index (χ1n) is 5.55. The molecule has 1 N–H and O–H groups in total. The Morgan fingerprint density at radius 1 is 1.45 bits per heavy atom. The molecule has 7 heteroatoms. The minimum absolute atomic E-state index is 0.272. The van der Waals surface area contributed by atoms with Gasteiger partial charge in [-0.2, -0.15) is 5.26 Å². The maximum absolute atomic E-state index is 11.6. The van der Waals surface area contributed by atoms with Crippen LogP contribution in [0.3, 0.4) is 0 Å². The molecular formula is C13H9N3O3S. The summed E-state index contributed by atoms with van der Waals surface area (Å²) in [5, 5.41) is 13.4. The number of esters is 1. The molecule has 2 aromatic heterocycles. The number of nitriles is 1. The number of aromatic nitrogens is 1. The van der Waals surface area contributed by atoms with Crippen LogP contribution in [0.4, 0.5) is 5.00 Å². The second-order valence-corrected chi connectivity index (χ2v) is 4.56. The highest BCUT2D eigenvalue weighted by Gasteiger charge is 2.12. The van der Waals surface area contributed by atoms with E-state index in [9.17, 15) is 9.59 Å². The first kappa shape index (κ1) is 13.7. The molecule has 0 saturated heterocycles. The van der Waals surface area contributed by atoms with Gasteiger partial charge in [0.05, 0.1) is 11.1 Å². The van der Waals surface area contributed by atoms with Gasteiger partial charge in [0, 0.05) is 12.4 Å². The van der Waals surface area contributed by atoms with Gasteiger partial charge in [-0.1, -0.05) is 0 Å². The van der Waals surface area contributed by atoms with Gasteiger partial charge in [-0.15, -0.1) is 11.3 Å². The first-order valence-corrected chi connectivity index (χ1v) is 6.43. The number of carbonyl (C=O) groups excluding carboxylic acids is 2. The number of hydrogen-bond donors (Lipinski definition) is 1. The van der Waals surface area contributed by atoms with Gasteiger partial charge in [0.1, 0.15) is 11.1 Å². The van der Waals surface area contributed by atoms with Crippen molar-refractivity contribution in [1.82, 2.24) is 4.98 Å². The standard InChI is InChI=1S/C13H9N3O3S/c14-6-9-3-5-20-12(9)16-11(17)8-19-13(18)10-2-1-4-15-7-10/h1-5,7H,8H2,(H,16,17). The Labute approximate surface area is 118 Å². The van der Waals surface area contributed by atoms with Crippen molar-refractivity contribution >= 4 is 28.2 Å². The average molecular weight is 287 g/mol. The van der Waals surface area contributed by atoms with Gasteiger partial charge >= 0.3 is 5.97 Å². The van der Waals surface area contributed by atoms with Crippen molar-refractivity contribution < 1.29 is 14.3 Å². The Kier molecular flexibility index (Phi) is 4.42. The molecule has 2 aromatic rings. The van der Waals surface area contributed by atoms with Crippen LogP contribution in [0.15, 0.2) is 36.0 Å². The summed E-state index contributed by atoms with van der Waals surface area (Å²) in [6, 6.07) is 6.69. The summed E-state index contributed by atoms with van der Waals surface area (Å²) in [5.41, 5.74) is 0.649. The van der Waals surface area contributed by atoms with Crippen molar-refractivity contribution in [3.05, 3.63) is 47.1 Å². The Morgan fingerprint density at radius 3 is 3.00 bits per heavy atom. The molecule has 0 aliphatic heterocycles. The molecule has 0 bridgehead atoms. The van der Waals surface area contributed by atoms with E-state index in [1.165, 1.54) is 23.7 Å². The number of carbonyl (C=O) groups is 2. The van der Waals surface area contributed by atoms with E-state index >= 15 is 0 Å². The van der Waals surface area contributed by atoms with Crippen LogP contribution >= 0.6 is 11.3 Å². The van der Waals surface area contributed by atoms with E-state index in [4.69, 9.17) is 10.00 Å². The summed E-state index contributed by atoms with van der Waals surface area (Å²) < 4.78 is 4.84. The highest BCUT2D eigenvalue weighted by atomic mass is 32.1. The largest absolute Gasteiger partial charge is 0.452 e. The number of ether oxygens (including phenoxy) is 1. The molecule has 0 spiro atoms. The maximum Gasteiger partial charge on any atom is 0.340 e. The van der Waals surface area contributed by atoms with Crippen LogP contribution in [0.5, 0.6) is 0 Å². The molecule has 0 radical (unpaired) electrons. The van der Waals surface area contributed by atoms with E-state index in [1.807, 2.05) is 6.07 Å². The van der Waals surface area contributed by atoms with Crippen molar-refractivity contribution in [2.45, 2.75) is 0 Å². The summed E-state index contributed by atoms with van der Waals surface area (Å²) in [4.78, 5) is 27.0. The van der Waals surface area contributed by atoms with Gasteiger partial charge in [0.15, 0.2) is 6.61 Å². The van der Waals surface area contributed by atoms with E-state index in [0.29, 0.717) is 10.6 Å². The highest BCUT2D eigenvalue weighted by Crippen LogP contribution is 2.21. The summed E-state index contributed by atoms with van der Waals surface area (Å²) >= 11 is 1.23. The van der Waals surface area contributed by atoms with Crippen LogP contribution in [-0.4, -0.2) is 23.5 Å². The van der Waals surface area contributed by atoms with E-state index in [1.54, 1.807) is 23.6 Å². The van der Waals surface area contributed by atoms with Crippen LogP contribution < -0.4 is 5.32 Å². The Bertz CT molecular complexity index is 661. The zero-order valence-electron chi connectivity index (χ0n) is 10.2. The van der Waals surface area contributed by atoms with Gasteiger partial charge in [0.2, 0.25) is 0 Å². The fourth-order valence-electron chi connectivity index (χ4n) is 1.35. The third kappa shape index (κ3) is 3.40. The zero-order valence-corrected chi connectivity index (χ0v) is 11.0. The van der Waals surface area contributed by atoms with E-state index in [2.05, 4.69) is 10.3 Å². The topological polar surface area (TPSA) is 92.1 Å². The second-order valence-electron chi connectivity index (χ2n) is 3.64. The number of pyridine rings is 1. The molecule has 6 nitrogen and oxygen atoms in total. The summed E-state index contributed by atoms with van der Waals surface area (Å²) in [5.74, 6) is -1.12. The maximum atomic E-state index is 11.6. The molecule has 0 aliphatic carbocycles. The van der Waals surface area contributed by atoms with Crippen molar-refractivity contribution in [1.29, 1.82) is 5.26 Å². The number of amides is 1. The van der Waals surface area contributed by atoms with Gasteiger partial charge < -0.3 is 10.1 Å². The summed E-state index contributed by atoms with van der Waals surface area (Å²) in [6.07, 6.45) is 2.89. The molecule has 0 fully saturated rings. The summed E-state index contributed by atoms with van der Waals surface area (Å²) in [6.45, 7) is -0.420. The van der Waals surface area contributed by atoms with Crippen LogP contribution in [-0.2, 0) is 9.53 Å². The molecule has 0 atom stereocenters. The molecule has 0 aliphatic rings. The van der Waals surface area contributed by atoms with Crippen LogP contribution in [0, 0.1) is 11.3 Å². The molecule has 1 amide bonds. The molecular weight excluding hydrogens is 278 g/mol. The van der Waals surface area contributed by atoms with Crippen molar-refractivity contribution in [2.75, 3.05) is 11.9 Å². The Morgan fingerprint density at radius 2 is 2.30 bits per heavy atom. The fourth-order valence-corrected chi connectivity index (χ4v) is 2.11. The van der Waals surface area contributed by atoms with Gasteiger partial charge in [-0.3, -0.25) is 9.78 Å². The van der Waals surface area contributed by atoms with Crippen LogP contribution in [0.2, 0.25) is 0 Å². The lowest BCUT2D eigenvalue weighted by molar-refractivity contribution is -0.119. The first-order chi connectivity index (χ1) is 9.70. The predicted octanol–water partition coefficient (Wildman–Crippen LogP) is 1.81. The number of thiophene rings is 1. The normalized spacial score (nSPS) is 9.55. The van der Waals surface area contributed by atoms with Gasteiger partial charge in [-0.25, -0.2) is 4.79 Å². The highest BCUT2D eigenvalue weighted by molar-refractivity contribution is 7.14. The SMILES string of the molecule is N#Cc1ccsc1NC(=O)COC(=O)c1cccnc1. The summed E-state index contributed by atoms with van der Waals surface area (Å²) in [7, 11) is 0. The third-order valence-electron chi connectivity index (χ3n) is 2.27. The quantitative estimate of drug-likeness (QED) is 0.866. The minimum Gasteiger partial charge on any atom is -0.452 e. The lowest BCUT2D eigenvalue weighted by atomic mass is 10.3. The molecule has 20 heavy (non-hydrogen) atoms. The van der Waals surface area contributed by atoms with E-state index in [0.717, 1.165) is 0 Å². The van der Waals surface area contributed by atoms with Gasteiger partial charge in [-0.05, 0) is 23.6 Å². The van der Waals surface area contributed by atoms with Crippen LogP contribution in [0.1, 0.15) is 15.9 Å². The molecule has 0 aromatic carbocycles. The number of hydrogen-bond acceptors (Lipinski definition) is 6. The lowest BCUT2D eigenvalue weighted by Gasteiger charge is -2.05. The lowest BCUT2D eigenvalue weighted by Crippen LogP contribution is -2.20. The van der Waals surface area contributed by atoms with Crippen molar-refractivity contribution in [3.63, 3.8) is 0 Å². The average Bonchev–Trinajstić information content (AvgIpc) is 2.92. The van der Waals surface area contributed by atoms with Crippen molar-refractivity contribution in [2.24, 2.45) is 0 Å². The Hall–Kier alpha value is -2.72. The third-order valence-corrected chi connectivity index (χ3v) is 3.10. The number of nitrogens with one attached hydrogen (secondary N) is 1. The monoisotopic (exact) mass is 287 g/mol. The predicted molar refractivity (Wildman–Crippen MR) is 72.2 cm³/mol. The minimum atomic E-state index is -0.625. The zero-order chi connectivity index (χ0) is 14.4. The molecule has 2 heterocycles. The fraction of sp³-hybridized carbons (Fsp3) is 0.0769. The van der Waals surface area contributed by atoms with Crippen molar-refractivity contribution in [3.8, 4) is 6.07 Å². The smallest absolute Gasteiger partial charge is 0.340 e. The van der Waals surface area contributed by atoms with Gasteiger partial charge in [0.25, 0.3) is 5.91 Å². The number of anilines is 1. The molecule has 0 saturated carbocycles. The Balaban J connectivity index is 1.87. The molecule has 0 unspecified atom stereocenters. The van der Waals surface area contributed by atoms with E-state index in [-0.39, 0.29) is 5.56 Å². The molecule has 100 valence electrons. The van der Waals surface area contributed by atoms with Crippen LogP contribution in [0.25, 0.3) is 0 Å².